The second-order valence-corrected chi connectivity index (χ2v) is 10.1. The molecule has 0 aromatic heterocycles. The van der Waals surface area contributed by atoms with Gasteiger partial charge < -0.3 is 10.6 Å². The van der Waals surface area contributed by atoms with Crippen molar-refractivity contribution in [2.24, 2.45) is 0 Å². The minimum atomic E-state index is -3.82. The summed E-state index contributed by atoms with van der Waals surface area (Å²) < 4.78 is 28.1. The first kappa shape index (κ1) is 23.7. The van der Waals surface area contributed by atoms with Crippen molar-refractivity contribution in [2.45, 2.75) is 42.8 Å². The summed E-state index contributed by atoms with van der Waals surface area (Å²) in [4.78, 5) is 25.8. The van der Waals surface area contributed by atoms with Gasteiger partial charge in [0.05, 0.1) is 4.90 Å². The van der Waals surface area contributed by atoms with Gasteiger partial charge in [0.15, 0.2) is 0 Å². The van der Waals surface area contributed by atoms with Gasteiger partial charge in [-0.15, -0.1) is 0 Å². The first-order chi connectivity index (χ1) is 16.4. The van der Waals surface area contributed by atoms with E-state index in [1.807, 2.05) is 60.7 Å². The molecule has 0 radical (unpaired) electrons. The second kappa shape index (κ2) is 10.6. The molecule has 0 heterocycles. The largest absolute Gasteiger partial charge is 0.352 e. The zero-order chi connectivity index (χ0) is 24.0. The van der Waals surface area contributed by atoms with Gasteiger partial charge in [-0.3, -0.25) is 9.59 Å². The fourth-order valence-electron chi connectivity index (χ4n) is 3.49. The Morgan fingerprint density at radius 3 is 2.15 bits per heavy atom. The molecule has 4 rings (SSSR count). The van der Waals surface area contributed by atoms with Gasteiger partial charge in [-0.1, -0.05) is 66.7 Å². The normalized spacial score (nSPS) is 14.2. The molecule has 3 aromatic carbocycles. The van der Waals surface area contributed by atoms with Crippen molar-refractivity contribution >= 4 is 21.8 Å². The molecule has 1 atom stereocenters. The minimum absolute atomic E-state index is 0.0156. The summed E-state index contributed by atoms with van der Waals surface area (Å²) in [6.45, 7) is 0.139. The highest BCUT2D eigenvalue weighted by molar-refractivity contribution is 7.89. The fourth-order valence-corrected chi connectivity index (χ4v) is 4.56. The van der Waals surface area contributed by atoms with Crippen molar-refractivity contribution in [2.75, 3.05) is 0 Å². The van der Waals surface area contributed by atoms with Crippen LogP contribution in [0.4, 0.5) is 0 Å². The van der Waals surface area contributed by atoms with Gasteiger partial charge in [0.2, 0.25) is 15.9 Å². The number of nitrogens with one attached hydrogen (secondary N) is 3. The van der Waals surface area contributed by atoms with E-state index in [0.717, 1.165) is 24.0 Å². The Labute approximate surface area is 199 Å². The van der Waals surface area contributed by atoms with Crippen LogP contribution in [0, 0.1) is 0 Å². The van der Waals surface area contributed by atoms with Crippen molar-refractivity contribution in [3.05, 3.63) is 102 Å². The minimum Gasteiger partial charge on any atom is -0.352 e. The molecular formula is C26H27N3O4S. The molecule has 176 valence electrons. The zero-order valence-corrected chi connectivity index (χ0v) is 19.4. The van der Waals surface area contributed by atoms with Crippen LogP contribution < -0.4 is 15.4 Å². The Bertz CT molecular complexity index is 1240. The van der Waals surface area contributed by atoms with Crippen LogP contribution in [0.3, 0.4) is 0 Å². The summed E-state index contributed by atoms with van der Waals surface area (Å²) in [6, 6.07) is 23.8. The molecule has 3 aromatic rings. The molecule has 1 aliphatic rings. The highest BCUT2D eigenvalue weighted by Gasteiger charge is 2.29. The summed E-state index contributed by atoms with van der Waals surface area (Å²) in [7, 11) is -3.82. The molecule has 2 amide bonds. The summed E-state index contributed by atoms with van der Waals surface area (Å²) in [5.74, 6) is -0.750. The lowest BCUT2D eigenvalue weighted by atomic mass is 10.0. The lowest BCUT2D eigenvalue weighted by molar-refractivity contribution is -0.123. The Morgan fingerprint density at radius 2 is 1.50 bits per heavy atom. The van der Waals surface area contributed by atoms with Gasteiger partial charge in [-0.2, -0.15) is 0 Å². The van der Waals surface area contributed by atoms with E-state index in [1.54, 1.807) is 0 Å². The van der Waals surface area contributed by atoms with Crippen LogP contribution in [0.2, 0.25) is 0 Å². The van der Waals surface area contributed by atoms with Crippen LogP contribution in [0.15, 0.2) is 89.8 Å². The number of hydrogen-bond donors (Lipinski definition) is 3. The summed E-state index contributed by atoms with van der Waals surface area (Å²) in [6.07, 6.45) is 2.21. The van der Waals surface area contributed by atoms with Crippen LogP contribution in [-0.4, -0.2) is 32.3 Å². The molecule has 8 heteroatoms. The van der Waals surface area contributed by atoms with Crippen molar-refractivity contribution < 1.29 is 18.0 Å². The van der Waals surface area contributed by atoms with E-state index in [0.29, 0.717) is 6.42 Å². The molecule has 0 spiro atoms. The van der Waals surface area contributed by atoms with E-state index in [2.05, 4.69) is 15.4 Å². The molecule has 7 nitrogen and oxygen atoms in total. The first-order valence-electron chi connectivity index (χ1n) is 11.2. The third-order valence-corrected chi connectivity index (χ3v) is 6.94. The average molecular weight is 478 g/mol. The molecule has 34 heavy (non-hydrogen) atoms. The van der Waals surface area contributed by atoms with E-state index in [1.165, 1.54) is 24.3 Å². The summed E-state index contributed by atoms with van der Waals surface area (Å²) >= 11 is 0. The lowest BCUT2D eigenvalue weighted by Gasteiger charge is -2.19. The molecule has 1 aliphatic carbocycles. The van der Waals surface area contributed by atoms with Gasteiger partial charge in [-0.05, 0) is 42.2 Å². The van der Waals surface area contributed by atoms with E-state index < -0.39 is 22.0 Å². The van der Waals surface area contributed by atoms with Crippen molar-refractivity contribution in [1.82, 2.24) is 15.4 Å². The summed E-state index contributed by atoms with van der Waals surface area (Å²) in [5.41, 5.74) is 1.91. The molecule has 1 unspecified atom stereocenters. The number of sulfonamides is 1. The maximum atomic E-state index is 13.0. The smallest absolute Gasteiger partial charge is 0.251 e. The Morgan fingerprint density at radius 1 is 0.853 bits per heavy atom. The van der Waals surface area contributed by atoms with Gasteiger partial charge in [0.25, 0.3) is 5.91 Å². The third kappa shape index (κ3) is 6.52. The third-order valence-electron chi connectivity index (χ3n) is 5.54. The fraction of sp³-hybridized carbons (Fsp3) is 0.231. The Balaban J connectivity index is 1.47. The van der Waals surface area contributed by atoms with E-state index in [4.69, 9.17) is 0 Å². The lowest BCUT2D eigenvalue weighted by Crippen LogP contribution is -2.48. The van der Waals surface area contributed by atoms with Gasteiger partial charge in [-0.25, -0.2) is 13.1 Å². The average Bonchev–Trinajstić information content (AvgIpc) is 3.68. The van der Waals surface area contributed by atoms with Gasteiger partial charge in [0, 0.05) is 24.6 Å². The van der Waals surface area contributed by atoms with E-state index in [-0.39, 0.29) is 29.0 Å². The Kier molecular flexibility index (Phi) is 7.40. The predicted octanol–water partition coefficient (Wildman–Crippen LogP) is 2.78. The number of hydrogen-bond acceptors (Lipinski definition) is 4. The SMILES string of the molecule is O=C(NC(Cc1ccccc1)C(=O)NC1CC1)c1cccc(S(=O)(=O)NCc2ccccc2)c1. The number of carbonyl (C=O) groups excluding carboxylic acids is 2. The molecule has 0 aliphatic heterocycles. The molecule has 3 N–H and O–H groups in total. The maximum Gasteiger partial charge on any atom is 0.251 e. The first-order valence-corrected chi connectivity index (χ1v) is 12.7. The number of benzene rings is 3. The van der Waals surface area contributed by atoms with Gasteiger partial charge in [0.1, 0.15) is 6.04 Å². The van der Waals surface area contributed by atoms with Crippen LogP contribution in [-0.2, 0) is 27.8 Å². The molecule has 1 fully saturated rings. The number of carbonyl (C=O) groups is 2. The second-order valence-electron chi connectivity index (χ2n) is 8.34. The molecule has 0 saturated heterocycles. The van der Waals surface area contributed by atoms with E-state index >= 15 is 0 Å². The topological polar surface area (TPSA) is 104 Å². The highest BCUT2D eigenvalue weighted by atomic mass is 32.2. The number of amides is 2. The summed E-state index contributed by atoms with van der Waals surface area (Å²) in [5, 5.41) is 5.72. The molecular weight excluding hydrogens is 450 g/mol. The van der Waals surface area contributed by atoms with E-state index in [9.17, 15) is 18.0 Å². The van der Waals surface area contributed by atoms with Crippen molar-refractivity contribution in [3.63, 3.8) is 0 Å². The Hall–Kier alpha value is -3.49. The van der Waals surface area contributed by atoms with Crippen LogP contribution >= 0.6 is 0 Å². The monoisotopic (exact) mass is 477 g/mol. The standard InChI is InChI=1S/C26H27N3O4S/c30-25(29-24(26(31)28-22-14-15-22)16-19-8-3-1-4-9-19)21-12-7-13-23(17-21)34(32,33)27-18-20-10-5-2-6-11-20/h1-13,17,22,24,27H,14-16,18H2,(H,28,31)(H,29,30). The van der Waals surface area contributed by atoms with Crippen molar-refractivity contribution in [1.29, 1.82) is 0 Å². The van der Waals surface area contributed by atoms with Crippen LogP contribution in [0.25, 0.3) is 0 Å². The quantitative estimate of drug-likeness (QED) is 0.418. The van der Waals surface area contributed by atoms with Gasteiger partial charge >= 0.3 is 0 Å². The van der Waals surface area contributed by atoms with Crippen LogP contribution in [0.5, 0.6) is 0 Å². The number of rotatable bonds is 10. The highest BCUT2D eigenvalue weighted by Crippen LogP contribution is 2.19. The predicted molar refractivity (Wildman–Crippen MR) is 129 cm³/mol. The zero-order valence-electron chi connectivity index (χ0n) is 18.6. The maximum absolute atomic E-state index is 13.0. The molecule has 0 bridgehead atoms. The van der Waals surface area contributed by atoms with Crippen molar-refractivity contribution in [3.8, 4) is 0 Å². The van der Waals surface area contributed by atoms with Crippen LogP contribution in [0.1, 0.15) is 34.3 Å². The molecule has 1 saturated carbocycles.